The topological polar surface area (TPSA) is 65.8 Å². The highest BCUT2D eigenvalue weighted by molar-refractivity contribution is 5.97. The molecule has 1 aromatic carbocycles. The van der Waals surface area contributed by atoms with Gasteiger partial charge < -0.3 is 0 Å². The second-order valence-electron chi connectivity index (χ2n) is 3.96. The van der Waals surface area contributed by atoms with Gasteiger partial charge in [-0.2, -0.15) is 0 Å². The highest BCUT2D eigenvalue weighted by Gasteiger charge is 2.08. The van der Waals surface area contributed by atoms with E-state index in [2.05, 4.69) is 10.0 Å². The molecule has 0 aromatic heterocycles. The summed E-state index contributed by atoms with van der Waals surface area (Å²) in [7, 11) is 0. The van der Waals surface area contributed by atoms with Crippen LogP contribution in [0.15, 0.2) is 35.5 Å². The Morgan fingerprint density at radius 1 is 1.41 bits per heavy atom. The first-order valence-electron chi connectivity index (χ1n) is 5.47. The molecule has 0 saturated heterocycles. The Labute approximate surface area is 101 Å². The second kappa shape index (κ2) is 6.51. The van der Waals surface area contributed by atoms with E-state index in [0.717, 1.165) is 11.1 Å². The summed E-state index contributed by atoms with van der Waals surface area (Å²) in [5.74, 6) is 0.163. The molecule has 0 fully saturated rings. The van der Waals surface area contributed by atoms with Gasteiger partial charge in [0.15, 0.2) is 5.78 Å². The summed E-state index contributed by atoms with van der Waals surface area (Å²) in [4.78, 5) is 14.3. The summed E-state index contributed by atoms with van der Waals surface area (Å²) in [6.07, 6.45) is 3.64. The molecule has 0 bridgehead atoms. The minimum absolute atomic E-state index is 0.0151. The van der Waals surface area contributed by atoms with Crippen molar-refractivity contribution in [3.05, 3.63) is 51.9 Å². The zero-order valence-corrected chi connectivity index (χ0v) is 10.00. The minimum Gasteiger partial charge on any atom is -0.294 e. The Bertz CT molecular complexity index is 454. The maximum absolute atomic E-state index is 11.7. The zero-order chi connectivity index (χ0) is 12.7. The van der Waals surface area contributed by atoms with Crippen LogP contribution in [0.5, 0.6) is 0 Å². The largest absolute Gasteiger partial charge is 0.294 e. The number of carbonyl (C=O) groups is 1. The van der Waals surface area contributed by atoms with Gasteiger partial charge in [-0.1, -0.05) is 55.4 Å². The summed E-state index contributed by atoms with van der Waals surface area (Å²) < 4.78 is 0. The molecule has 0 N–H and O–H groups in total. The Hall–Kier alpha value is -2.06. The van der Waals surface area contributed by atoms with Gasteiger partial charge in [-0.05, 0) is 11.1 Å². The number of azide groups is 1. The van der Waals surface area contributed by atoms with E-state index in [1.165, 1.54) is 0 Å². The molecule has 0 atom stereocenters. The van der Waals surface area contributed by atoms with Crippen LogP contribution in [0.4, 0.5) is 0 Å². The average molecular weight is 229 g/mol. The number of Topliss-reactive ketones (excluding diaryl/α,β-unsaturated/α-hetero) is 1. The molecule has 88 valence electrons. The third-order valence-corrected chi connectivity index (χ3v) is 2.28. The number of benzene rings is 1. The molecule has 17 heavy (non-hydrogen) atoms. The van der Waals surface area contributed by atoms with E-state index < -0.39 is 0 Å². The predicted octanol–water partition coefficient (Wildman–Crippen LogP) is 3.85. The molecule has 0 heterocycles. The molecular weight excluding hydrogens is 214 g/mol. The molecule has 0 spiro atoms. The number of hydrogen-bond acceptors (Lipinski definition) is 2. The highest BCUT2D eigenvalue weighted by Crippen LogP contribution is 2.11. The van der Waals surface area contributed by atoms with Gasteiger partial charge in [-0.15, -0.1) is 0 Å². The smallest absolute Gasteiger partial charge is 0.165 e. The monoisotopic (exact) mass is 229 g/mol. The van der Waals surface area contributed by atoms with Crippen LogP contribution in [0.2, 0.25) is 0 Å². The molecular formula is C13H15N3O. The minimum atomic E-state index is 0.0151. The van der Waals surface area contributed by atoms with E-state index >= 15 is 0 Å². The first-order valence-corrected chi connectivity index (χ1v) is 5.47. The lowest BCUT2D eigenvalue weighted by Crippen LogP contribution is -2.06. The lowest BCUT2D eigenvalue weighted by atomic mass is 10.00. The molecule has 1 aromatic rings. The van der Waals surface area contributed by atoms with Crippen LogP contribution in [0.3, 0.4) is 0 Å². The van der Waals surface area contributed by atoms with Crippen LogP contribution in [0.1, 0.15) is 29.8 Å². The van der Waals surface area contributed by atoms with E-state index in [-0.39, 0.29) is 11.7 Å². The van der Waals surface area contributed by atoms with Crippen molar-refractivity contribution in [1.82, 2.24) is 0 Å². The highest BCUT2D eigenvalue weighted by atomic mass is 16.1. The fraction of sp³-hybridized carbons (Fsp3) is 0.308. The molecule has 0 aliphatic carbocycles. The number of rotatable bonds is 5. The van der Waals surface area contributed by atoms with Gasteiger partial charge in [0.05, 0.1) is 0 Å². The first-order chi connectivity index (χ1) is 8.15. The van der Waals surface area contributed by atoms with Crippen molar-refractivity contribution >= 4 is 11.9 Å². The summed E-state index contributed by atoms with van der Waals surface area (Å²) in [6.45, 7) is 4.11. The summed E-state index contributed by atoms with van der Waals surface area (Å²) in [5.41, 5.74) is 9.81. The Balaban J connectivity index is 2.71. The third-order valence-electron chi connectivity index (χ3n) is 2.28. The van der Waals surface area contributed by atoms with Crippen LogP contribution < -0.4 is 0 Å². The van der Waals surface area contributed by atoms with Gasteiger partial charge in [0.2, 0.25) is 0 Å². The quantitative estimate of drug-likeness (QED) is 0.327. The van der Waals surface area contributed by atoms with E-state index in [1.807, 2.05) is 44.2 Å². The predicted molar refractivity (Wildman–Crippen MR) is 68.7 cm³/mol. The molecule has 0 saturated carbocycles. The molecule has 4 heteroatoms. The Morgan fingerprint density at radius 2 is 2.06 bits per heavy atom. The summed E-state index contributed by atoms with van der Waals surface area (Å²) >= 11 is 0. The normalized spacial score (nSPS) is 10.5. The van der Waals surface area contributed by atoms with E-state index in [4.69, 9.17) is 5.53 Å². The van der Waals surface area contributed by atoms with Crippen molar-refractivity contribution in [1.29, 1.82) is 0 Å². The van der Waals surface area contributed by atoms with Crippen LogP contribution >= 0.6 is 0 Å². The van der Waals surface area contributed by atoms with Crippen molar-refractivity contribution in [2.45, 2.75) is 13.8 Å². The van der Waals surface area contributed by atoms with Crippen LogP contribution in [0, 0.1) is 5.92 Å². The van der Waals surface area contributed by atoms with Crippen LogP contribution in [0.25, 0.3) is 16.5 Å². The van der Waals surface area contributed by atoms with Gasteiger partial charge in [-0.3, -0.25) is 4.79 Å². The Morgan fingerprint density at radius 3 is 2.59 bits per heavy atom. The van der Waals surface area contributed by atoms with E-state index in [1.54, 1.807) is 6.08 Å². The lowest BCUT2D eigenvalue weighted by molar-refractivity contribution is 0.0939. The second-order valence-corrected chi connectivity index (χ2v) is 3.96. The lowest BCUT2D eigenvalue weighted by Gasteiger charge is -2.03. The molecule has 0 amide bonds. The van der Waals surface area contributed by atoms with Crippen molar-refractivity contribution in [2.24, 2.45) is 11.0 Å². The van der Waals surface area contributed by atoms with Crippen molar-refractivity contribution in [3.8, 4) is 0 Å². The SMILES string of the molecule is CC(C)C(=O)c1ccc(C=CCN=[N+]=[N-])cc1. The van der Waals surface area contributed by atoms with Crippen LogP contribution in [-0.4, -0.2) is 12.3 Å². The zero-order valence-electron chi connectivity index (χ0n) is 10.00. The summed E-state index contributed by atoms with van der Waals surface area (Å²) in [6, 6.07) is 7.38. The van der Waals surface area contributed by atoms with Gasteiger partial charge in [0.25, 0.3) is 0 Å². The summed E-state index contributed by atoms with van der Waals surface area (Å²) in [5, 5.41) is 3.40. The number of nitrogens with zero attached hydrogens (tertiary/aromatic N) is 3. The molecule has 4 nitrogen and oxygen atoms in total. The van der Waals surface area contributed by atoms with Crippen molar-refractivity contribution in [3.63, 3.8) is 0 Å². The van der Waals surface area contributed by atoms with Crippen molar-refractivity contribution in [2.75, 3.05) is 6.54 Å². The average Bonchev–Trinajstić information content (AvgIpc) is 2.34. The Kier molecular flexibility index (Phi) is 4.98. The maximum Gasteiger partial charge on any atom is 0.165 e. The van der Waals surface area contributed by atoms with Gasteiger partial charge in [0, 0.05) is 22.9 Å². The van der Waals surface area contributed by atoms with E-state index in [9.17, 15) is 4.79 Å². The number of ketones is 1. The van der Waals surface area contributed by atoms with Gasteiger partial charge >= 0.3 is 0 Å². The molecule has 0 unspecified atom stereocenters. The van der Waals surface area contributed by atoms with Crippen LogP contribution in [-0.2, 0) is 0 Å². The maximum atomic E-state index is 11.7. The molecule has 0 aliphatic heterocycles. The fourth-order valence-electron chi connectivity index (χ4n) is 1.36. The van der Waals surface area contributed by atoms with Crippen molar-refractivity contribution < 1.29 is 4.79 Å². The standard InChI is InChI=1S/C13H15N3O/c1-10(2)13(17)12-7-5-11(6-8-12)4-3-9-15-16-14/h3-8,10H,9H2,1-2H3. The van der Waals surface area contributed by atoms with Gasteiger partial charge in [-0.25, -0.2) is 0 Å². The molecule has 1 rings (SSSR count). The van der Waals surface area contributed by atoms with E-state index in [0.29, 0.717) is 6.54 Å². The molecule has 0 radical (unpaired) electrons. The third kappa shape index (κ3) is 4.13. The number of carbonyl (C=O) groups excluding carboxylic acids is 1. The fourth-order valence-corrected chi connectivity index (χ4v) is 1.36. The first kappa shape index (κ1) is 13.0. The number of hydrogen-bond donors (Lipinski definition) is 0. The molecule has 0 aliphatic rings. The van der Waals surface area contributed by atoms with Gasteiger partial charge in [0.1, 0.15) is 0 Å².